The van der Waals surface area contributed by atoms with Crippen LogP contribution in [-0.4, -0.2) is 81.5 Å². The summed E-state index contributed by atoms with van der Waals surface area (Å²) < 4.78 is 29.0. The van der Waals surface area contributed by atoms with E-state index < -0.39 is 15.4 Å². The predicted octanol–water partition coefficient (Wildman–Crippen LogP) is 4.17. The summed E-state index contributed by atoms with van der Waals surface area (Å²) in [7, 11) is -3.15. The predicted molar refractivity (Wildman–Crippen MR) is 135 cm³/mol. The highest BCUT2D eigenvalue weighted by Gasteiger charge is 2.39. The molecule has 4 rings (SSSR count). The summed E-state index contributed by atoms with van der Waals surface area (Å²) in [4.78, 5) is 19.7. The Kier molecular flexibility index (Phi) is 7.21. The van der Waals surface area contributed by atoms with E-state index >= 15 is 0 Å². The number of anilines is 1. The first-order valence-corrected chi connectivity index (χ1v) is 14.6. The molecule has 3 fully saturated rings. The number of piperidine rings is 3. The molecule has 1 aromatic carbocycles. The van der Waals surface area contributed by atoms with Crippen molar-refractivity contribution in [2.45, 2.75) is 75.8 Å². The van der Waals surface area contributed by atoms with Crippen LogP contribution < -0.4 is 4.90 Å². The largest absolute Gasteiger partial charge is 0.444 e. The van der Waals surface area contributed by atoms with E-state index in [9.17, 15) is 13.2 Å². The van der Waals surface area contributed by atoms with E-state index in [-0.39, 0.29) is 6.09 Å². The lowest BCUT2D eigenvalue weighted by Crippen LogP contribution is -2.52. The van der Waals surface area contributed by atoms with Gasteiger partial charge in [-0.1, -0.05) is 0 Å². The molecule has 190 valence electrons. The lowest BCUT2D eigenvalue weighted by atomic mass is 9.71. The number of amides is 1. The van der Waals surface area contributed by atoms with E-state index in [0.717, 1.165) is 57.8 Å². The van der Waals surface area contributed by atoms with Crippen LogP contribution in [0.3, 0.4) is 0 Å². The number of hydrogen-bond acceptors (Lipinski definition) is 6. The summed E-state index contributed by atoms with van der Waals surface area (Å²) in [6.07, 6.45) is 8.04. The highest BCUT2D eigenvalue weighted by Crippen LogP contribution is 2.43. The molecule has 0 radical (unpaired) electrons. The molecule has 7 nitrogen and oxygen atoms in total. The molecular weight excluding hydrogens is 450 g/mol. The fourth-order valence-electron chi connectivity index (χ4n) is 5.75. The van der Waals surface area contributed by atoms with Crippen LogP contribution in [0.5, 0.6) is 0 Å². The Hall–Kier alpha value is -1.80. The van der Waals surface area contributed by atoms with Gasteiger partial charge in [-0.25, -0.2) is 13.2 Å². The van der Waals surface area contributed by atoms with Crippen molar-refractivity contribution in [2.75, 3.05) is 50.4 Å². The molecule has 0 aromatic heterocycles. The second kappa shape index (κ2) is 9.69. The van der Waals surface area contributed by atoms with Crippen LogP contribution in [-0.2, 0) is 14.6 Å². The van der Waals surface area contributed by atoms with Crippen molar-refractivity contribution >= 4 is 21.6 Å². The highest BCUT2D eigenvalue weighted by atomic mass is 32.2. The van der Waals surface area contributed by atoms with E-state index in [4.69, 9.17) is 4.74 Å². The average Bonchev–Trinajstić information content (AvgIpc) is 2.79. The van der Waals surface area contributed by atoms with Crippen molar-refractivity contribution in [1.82, 2.24) is 9.80 Å². The van der Waals surface area contributed by atoms with E-state index in [0.29, 0.717) is 16.4 Å². The molecule has 3 heterocycles. The average molecular weight is 492 g/mol. The third kappa shape index (κ3) is 6.06. The van der Waals surface area contributed by atoms with Gasteiger partial charge in [0.15, 0.2) is 9.84 Å². The molecule has 0 bridgehead atoms. The maximum Gasteiger partial charge on any atom is 0.410 e. The van der Waals surface area contributed by atoms with Crippen molar-refractivity contribution in [3.63, 3.8) is 0 Å². The Balaban J connectivity index is 1.23. The zero-order valence-corrected chi connectivity index (χ0v) is 22.1. The number of carbonyl (C=O) groups excluding carboxylic acids is 1. The molecule has 1 amide bonds. The fourth-order valence-corrected chi connectivity index (χ4v) is 6.38. The topological polar surface area (TPSA) is 70.2 Å². The Morgan fingerprint density at radius 1 is 0.912 bits per heavy atom. The maximum atomic E-state index is 12.3. The summed E-state index contributed by atoms with van der Waals surface area (Å²) in [5.41, 5.74) is 1.12. The smallest absolute Gasteiger partial charge is 0.410 e. The van der Waals surface area contributed by atoms with Crippen molar-refractivity contribution < 1.29 is 17.9 Å². The molecule has 0 N–H and O–H groups in total. The van der Waals surface area contributed by atoms with E-state index in [1.165, 1.54) is 31.9 Å². The van der Waals surface area contributed by atoms with Gasteiger partial charge in [-0.3, -0.25) is 0 Å². The molecule has 1 spiro atoms. The minimum atomic E-state index is -3.15. The van der Waals surface area contributed by atoms with E-state index in [1.54, 1.807) is 12.1 Å². The summed E-state index contributed by atoms with van der Waals surface area (Å²) in [6.45, 7) is 11.7. The number of hydrogen-bond donors (Lipinski definition) is 0. The number of sulfone groups is 1. The van der Waals surface area contributed by atoms with Crippen LogP contribution in [0.1, 0.15) is 59.3 Å². The zero-order chi connectivity index (χ0) is 24.6. The molecule has 0 atom stereocenters. The molecule has 34 heavy (non-hydrogen) atoms. The monoisotopic (exact) mass is 491 g/mol. The van der Waals surface area contributed by atoms with Crippen LogP contribution >= 0.6 is 0 Å². The number of nitrogens with zero attached hydrogens (tertiary/aromatic N) is 3. The normalized spacial score (nSPS) is 22.7. The number of benzene rings is 1. The SMILES string of the molecule is CC(C)(C)OC(=O)N1CCC(N2CCC3(CCN(c4ccc(S(C)(=O)=O)cc4)CC3)CC2)CC1. The minimum Gasteiger partial charge on any atom is -0.444 e. The van der Waals surface area contributed by atoms with Crippen LogP contribution in [0, 0.1) is 5.41 Å². The fraction of sp³-hybridized carbons (Fsp3) is 0.731. The second-order valence-corrected chi connectivity index (χ2v) is 13.5. The van der Waals surface area contributed by atoms with Gasteiger partial charge in [-0.15, -0.1) is 0 Å². The number of rotatable bonds is 3. The summed E-state index contributed by atoms with van der Waals surface area (Å²) in [5.74, 6) is 0. The summed E-state index contributed by atoms with van der Waals surface area (Å²) in [5, 5.41) is 0. The molecule has 3 aliphatic heterocycles. The van der Waals surface area contributed by atoms with Crippen molar-refractivity contribution in [2.24, 2.45) is 5.41 Å². The third-order valence-electron chi connectivity index (χ3n) is 7.95. The van der Waals surface area contributed by atoms with Gasteiger partial charge < -0.3 is 19.4 Å². The first-order valence-electron chi connectivity index (χ1n) is 12.7. The summed E-state index contributed by atoms with van der Waals surface area (Å²) >= 11 is 0. The van der Waals surface area contributed by atoms with Gasteiger partial charge in [-0.2, -0.15) is 0 Å². The van der Waals surface area contributed by atoms with Gasteiger partial charge in [0.25, 0.3) is 0 Å². The van der Waals surface area contributed by atoms with Crippen LogP contribution in [0.2, 0.25) is 0 Å². The third-order valence-corrected chi connectivity index (χ3v) is 9.07. The molecular formula is C26H41N3O4S. The molecule has 3 saturated heterocycles. The lowest BCUT2D eigenvalue weighted by molar-refractivity contribution is 0.00489. The zero-order valence-electron chi connectivity index (χ0n) is 21.3. The van der Waals surface area contributed by atoms with Gasteiger partial charge in [0.05, 0.1) is 4.90 Å². The van der Waals surface area contributed by atoms with E-state index in [2.05, 4.69) is 9.80 Å². The summed E-state index contributed by atoms with van der Waals surface area (Å²) in [6, 6.07) is 7.91. The molecule has 3 aliphatic rings. The van der Waals surface area contributed by atoms with Crippen LogP contribution in [0.4, 0.5) is 10.5 Å². The van der Waals surface area contributed by atoms with Crippen molar-refractivity contribution in [1.29, 1.82) is 0 Å². The minimum absolute atomic E-state index is 0.179. The molecule has 0 unspecified atom stereocenters. The Morgan fingerprint density at radius 3 is 1.94 bits per heavy atom. The van der Waals surface area contributed by atoms with Gasteiger partial charge in [0.1, 0.15) is 5.60 Å². The molecule has 0 aliphatic carbocycles. The molecule has 0 saturated carbocycles. The van der Waals surface area contributed by atoms with Crippen molar-refractivity contribution in [3.8, 4) is 0 Å². The lowest BCUT2D eigenvalue weighted by Gasteiger charge is -2.49. The Labute approximate surface area is 205 Å². The van der Waals surface area contributed by atoms with Gasteiger partial charge in [0, 0.05) is 44.2 Å². The second-order valence-electron chi connectivity index (χ2n) is 11.5. The molecule has 1 aromatic rings. The number of ether oxygens (including phenoxy) is 1. The Morgan fingerprint density at radius 2 is 1.44 bits per heavy atom. The maximum absolute atomic E-state index is 12.3. The van der Waals surface area contributed by atoms with Gasteiger partial charge in [-0.05, 0) is 102 Å². The van der Waals surface area contributed by atoms with E-state index in [1.807, 2.05) is 37.8 Å². The molecule has 8 heteroatoms. The Bertz CT molecular complexity index is 945. The van der Waals surface area contributed by atoms with Gasteiger partial charge >= 0.3 is 6.09 Å². The first kappa shape index (κ1) is 25.3. The van der Waals surface area contributed by atoms with Crippen molar-refractivity contribution in [3.05, 3.63) is 24.3 Å². The standard InChI is InChI=1S/C26H41N3O4S/c1-25(2,3)33-24(30)29-15-9-22(10-16-29)28-19-13-26(14-20-28)11-17-27(18-12-26)21-5-7-23(8-6-21)34(4,31)32/h5-8,22H,9-20H2,1-4H3. The highest BCUT2D eigenvalue weighted by molar-refractivity contribution is 7.90. The first-order chi connectivity index (χ1) is 15.9. The van der Waals surface area contributed by atoms with Gasteiger partial charge in [0.2, 0.25) is 0 Å². The van der Waals surface area contributed by atoms with Crippen LogP contribution in [0.25, 0.3) is 0 Å². The quantitative estimate of drug-likeness (QED) is 0.632. The van der Waals surface area contributed by atoms with Crippen LogP contribution in [0.15, 0.2) is 29.2 Å². The number of likely N-dealkylation sites (tertiary alicyclic amines) is 2. The number of carbonyl (C=O) groups is 1.